The van der Waals surface area contributed by atoms with E-state index in [0.29, 0.717) is 0 Å². The van der Waals surface area contributed by atoms with Crippen LogP contribution in [-0.4, -0.2) is 0 Å². The Kier molecular flexibility index (Phi) is 4.01. The van der Waals surface area contributed by atoms with Crippen molar-refractivity contribution in [1.29, 1.82) is 0 Å². The minimum absolute atomic E-state index is 0.902. The molecule has 0 saturated carbocycles. The predicted octanol–water partition coefficient (Wildman–Crippen LogP) is 9.44. The van der Waals surface area contributed by atoms with E-state index >= 15 is 0 Å². The Morgan fingerprint density at radius 2 is 0.824 bits per heavy atom. The van der Waals surface area contributed by atoms with Crippen LogP contribution in [-0.2, 0) is 0 Å². The Balaban J connectivity index is 1.44. The highest BCUT2D eigenvalue weighted by molar-refractivity contribution is 6.21. The summed E-state index contributed by atoms with van der Waals surface area (Å²) in [7, 11) is 0. The van der Waals surface area contributed by atoms with E-state index in [-0.39, 0.29) is 0 Å². The average molecular weight is 439 g/mol. The van der Waals surface area contributed by atoms with E-state index in [4.69, 9.17) is 8.83 Å². The minimum Gasteiger partial charge on any atom is -0.456 e. The first-order valence-corrected chi connectivity index (χ1v) is 11.6. The van der Waals surface area contributed by atoms with E-state index in [1.807, 2.05) is 0 Å². The van der Waals surface area contributed by atoms with Gasteiger partial charge in [0.05, 0.1) is 0 Å². The van der Waals surface area contributed by atoms with Gasteiger partial charge in [0.15, 0.2) is 0 Å². The average Bonchev–Trinajstić information content (AvgIpc) is 3.48. The lowest BCUT2D eigenvalue weighted by molar-refractivity contribution is 0.631. The summed E-state index contributed by atoms with van der Waals surface area (Å²) in [5, 5.41) is 7.14. The molecular weight excluding hydrogens is 416 g/mol. The SMILES string of the molecule is Cc1cccc(-c2cc3c(ccc4c3ccc3c5cc(-c6cccc(C)c6)oc5ccc34)o2)c1. The third-order valence-corrected chi connectivity index (χ3v) is 6.80. The van der Waals surface area contributed by atoms with Gasteiger partial charge in [-0.25, -0.2) is 0 Å². The number of furan rings is 2. The van der Waals surface area contributed by atoms with Crippen LogP contribution in [0.5, 0.6) is 0 Å². The van der Waals surface area contributed by atoms with Crippen molar-refractivity contribution in [2.75, 3.05) is 0 Å². The zero-order valence-corrected chi connectivity index (χ0v) is 19.1. The molecular formula is C32H22O2. The van der Waals surface area contributed by atoms with Gasteiger partial charge >= 0.3 is 0 Å². The van der Waals surface area contributed by atoms with Crippen LogP contribution < -0.4 is 0 Å². The molecule has 2 nitrogen and oxygen atoms in total. The van der Waals surface area contributed by atoms with Crippen molar-refractivity contribution in [3.63, 3.8) is 0 Å². The molecule has 34 heavy (non-hydrogen) atoms. The number of fused-ring (bicyclic) bond motifs is 7. The molecule has 0 N–H and O–H groups in total. The zero-order valence-electron chi connectivity index (χ0n) is 19.1. The first-order valence-electron chi connectivity index (χ1n) is 11.6. The number of hydrogen-bond acceptors (Lipinski definition) is 2. The van der Waals surface area contributed by atoms with Crippen molar-refractivity contribution >= 4 is 43.5 Å². The van der Waals surface area contributed by atoms with Crippen LogP contribution in [0.2, 0.25) is 0 Å². The van der Waals surface area contributed by atoms with E-state index in [1.54, 1.807) is 0 Å². The molecule has 0 spiro atoms. The Hall–Kier alpha value is -4.30. The standard InChI is InChI=1S/C32H22O2/c1-19-5-3-7-21(15-19)31-17-27-25-9-10-26-24(23(25)11-13-29(27)33-31)12-14-30-28(26)18-32(34-30)22-8-4-6-20(2)16-22/h3-18H,1-2H3. The molecule has 162 valence electrons. The van der Waals surface area contributed by atoms with Crippen LogP contribution in [0, 0.1) is 13.8 Å². The second-order valence-electron chi connectivity index (χ2n) is 9.17. The van der Waals surface area contributed by atoms with Crippen LogP contribution in [0.15, 0.2) is 106 Å². The number of hydrogen-bond donors (Lipinski definition) is 0. The fourth-order valence-electron chi connectivity index (χ4n) is 5.14. The van der Waals surface area contributed by atoms with Crippen molar-refractivity contribution in [1.82, 2.24) is 0 Å². The summed E-state index contributed by atoms with van der Waals surface area (Å²) in [6.07, 6.45) is 0. The lowest BCUT2D eigenvalue weighted by atomic mass is 9.97. The molecule has 0 aliphatic rings. The molecule has 0 fully saturated rings. The van der Waals surface area contributed by atoms with Crippen molar-refractivity contribution in [2.24, 2.45) is 0 Å². The fraction of sp³-hybridized carbons (Fsp3) is 0.0625. The van der Waals surface area contributed by atoms with E-state index in [0.717, 1.165) is 44.6 Å². The summed E-state index contributed by atoms with van der Waals surface area (Å²) in [5.74, 6) is 1.80. The summed E-state index contributed by atoms with van der Waals surface area (Å²) in [6, 6.07) is 34.2. The Labute approximate surface area is 197 Å². The van der Waals surface area contributed by atoms with Crippen LogP contribution in [0.3, 0.4) is 0 Å². The molecule has 5 aromatic carbocycles. The molecule has 2 aromatic heterocycles. The fourth-order valence-corrected chi connectivity index (χ4v) is 5.14. The monoisotopic (exact) mass is 438 g/mol. The summed E-state index contributed by atoms with van der Waals surface area (Å²) >= 11 is 0. The second-order valence-corrected chi connectivity index (χ2v) is 9.17. The van der Waals surface area contributed by atoms with Crippen LogP contribution in [0.4, 0.5) is 0 Å². The van der Waals surface area contributed by atoms with Gasteiger partial charge in [0.2, 0.25) is 0 Å². The maximum Gasteiger partial charge on any atom is 0.135 e. The summed E-state index contributed by atoms with van der Waals surface area (Å²) < 4.78 is 12.5. The molecule has 0 atom stereocenters. The highest BCUT2D eigenvalue weighted by Crippen LogP contribution is 2.39. The lowest BCUT2D eigenvalue weighted by Crippen LogP contribution is -1.79. The van der Waals surface area contributed by atoms with Crippen LogP contribution in [0.25, 0.3) is 66.1 Å². The third kappa shape index (κ3) is 2.89. The van der Waals surface area contributed by atoms with Crippen molar-refractivity contribution in [3.05, 3.63) is 108 Å². The summed E-state index contributed by atoms with van der Waals surface area (Å²) in [4.78, 5) is 0. The normalized spacial score (nSPS) is 11.8. The van der Waals surface area contributed by atoms with Gasteiger partial charge in [-0.1, -0.05) is 71.8 Å². The molecule has 7 aromatic rings. The molecule has 0 unspecified atom stereocenters. The smallest absolute Gasteiger partial charge is 0.135 e. The third-order valence-electron chi connectivity index (χ3n) is 6.80. The molecule has 0 aliphatic heterocycles. The number of rotatable bonds is 2. The molecule has 0 radical (unpaired) electrons. The molecule has 2 heterocycles. The van der Waals surface area contributed by atoms with Gasteiger partial charge < -0.3 is 8.83 Å². The highest BCUT2D eigenvalue weighted by atomic mass is 16.3. The first kappa shape index (κ1) is 19.2. The molecule has 0 amide bonds. The number of aryl methyl sites for hydroxylation is 2. The van der Waals surface area contributed by atoms with Gasteiger partial charge in [-0.3, -0.25) is 0 Å². The van der Waals surface area contributed by atoms with Crippen molar-refractivity contribution in [2.45, 2.75) is 13.8 Å². The van der Waals surface area contributed by atoms with Gasteiger partial charge in [-0.15, -0.1) is 0 Å². The van der Waals surface area contributed by atoms with Gasteiger partial charge in [0.1, 0.15) is 22.7 Å². The predicted molar refractivity (Wildman–Crippen MR) is 141 cm³/mol. The largest absolute Gasteiger partial charge is 0.456 e. The number of benzene rings is 5. The van der Waals surface area contributed by atoms with Crippen molar-refractivity contribution < 1.29 is 8.83 Å². The van der Waals surface area contributed by atoms with E-state index in [1.165, 1.54) is 32.7 Å². The lowest BCUT2D eigenvalue weighted by Gasteiger charge is -2.05. The molecule has 7 rings (SSSR count). The quantitative estimate of drug-likeness (QED) is 0.251. The van der Waals surface area contributed by atoms with Crippen molar-refractivity contribution in [3.8, 4) is 22.6 Å². The Morgan fingerprint density at radius 3 is 1.26 bits per heavy atom. The molecule has 0 bridgehead atoms. The van der Waals surface area contributed by atoms with Gasteiger partial charge in [-0.05, 0) is 71.8 Å². The molecule has 2 heteroatoms. The maximum absolute atomic E-state index is 6.25. The van der Waals surface area contributed by atoms with Gasteiger partial charge in [0.25, 0.3) is 0 Å². The summed E-state index contributed by atoms with van der Waals surface area (Å²) in [6.45, 7) is 4.21. The molecule has 0 aliphatic carbocycles. The van der Waals surface area contributed by atoms with Crippen LogP contribution in [0.1, 0.15) is 11.1 Å². The Morgan fingerprint density at radius 1 is 0.412 bits per heavy atom. The molecule has 0 saturated heterocycles. The van der Waals surface area contributed by atoms with Crippen LogP contribution >= 0.6 is 0 Å². The second kappa shape index (κ2) is 7.10. The first-order chi connectivity index (χ1) is 16.6. The van der Waals surface area contributed by atoms with E-state index in [9.17, 15) is 0 Å². The highest BCUT2D eigenvalue weighted by Gasteiger charge is 2.14. The topological polar surface area (TPSA) is 26.3 Å². The zero-order chi connectivity index (χ0) is 22.8. The minimum atomic E-state index is 0.902. The van der Waals surface area contributed by atoms with Gasteiger partial charge in [-0.2, -0.15) is 0 Å². The van der Waals surface area contributed by atoms with E-state index in [2.05, 4.69) is 111 Å². The summed E-state index contributed by atoms with van der Waals surface area (Å²) in [5.41, 5.74) is 6.48. The Bertz CT molecular complexity index is 1740. The van der Waals surface area contributed by atoms with E-state index < -0.39 is 0 Å². The van der Waals surface area contributed by atoms with Gasteiger partial charge in [0, 0.05) is 21.9 Å². The maximum atomic E-state index is 6.25.